The molecule has 10 heteroatoms. The molecule has 288 valence electrons. The third-order valence-electron chi connectivity index (χ3n) is 10.2. The number of anilines is 2. The molecule has 8 nitrogen and oxygen atoms in total. The maximum atomic E-state index is 13.1. The molecule has 3 aliphatic rings. The fourth-order valence-electron chi connectivity index (χ4n) is 7.19. The maximum absolute atomic E-state index is 13.1. The minimum Gasteiger partial charge on any atom is -0.507 e. The number of carbonyl (C=O) groups is 1. The number of aromatic hydroxyl groups is 1. The van der Waals surface area contributed by atoms with Crippen LogP contribution in [0.25, 0.3) is 6.08 Å². The summed E-state index contributed by atoms with van der Waals surface area (Å²) in [5.41, 5.74) is 6.65. The van der Waals surface area contributed by atoms with Crippen molar-refractivity contribution in [3.8, 4) is 23.0 Å². The first-order chi connectivity index (χ1) is 25.2. The van der Waals surface area contributed by atoms with Crippen molar-refractivity contribution in [2.24, 2.45) is 0 Å². The molecule has 0 saturated heterocycles. The highest BCUT2D eigenvalue weighted by Crippen LogP contribution is 2.42. The fraction of sp³-hybridized carbons (Fsp3) is 0.386. The van der Waals surface area contributed by atoms with Gasteiger partial charge in [0.2, 0.25) is 0 Å². The smallest absolute Gasteiger partial charge is 0.171 e. The third kappa shape index (κ3) is 9.01. The highest BCUT2D eigenvalue weighted by Gasteiger charge is 2.36. The number of hydrogen-bond donors (Lipinski definition) is 2. The van der Waals surface area contributed by atoms with Crippen molar-refractivity contribution < 1.29 is 29.2 Å². The number of ether oxygens (including phenoxy) is 3. The van der Waals surface area contributed by atoms with Crippen LogP contribution in [0.5, 0.6) is 23.0 Å². The second kappa shape index (κ2) is 16.7. The van der Waals surface area contributed by atoms with Gasteiger partial charge in [-0.1, -0.05) is 41.9 Å². The summed E-state index contributed by atoms with van der Waals surface area (Å²) < 4.78 is 17.4. The van der Waals surface area contributed by atoms with E-state index >= 15 is 0 Å². The summed E-state index contributed by atoms with van der Waals surface area (Å²) in [6.07, 6.45) is 6.89. The number of benzene rings is 4. The maximum Gasteiger partial charge on any atom is 0.171 e. The van der Waals surface area contributed by atoms with E-state index in [1.807, 2.05) is 44.2 Å². The SMILES string of the molecule is CN(C)CCCN1c2ccccc2CCc2ccc(Cl)cc21.COc1c(CC(=O)c2cc3c(cc2O)OC(C)(C)C(O)C3)ccc2c1C=CC(C)(C)O2.Cl. The fourth-order valence-corrected chi connectivity index (χ4v) is 7.36. The lowest BCUT2D eigenvalue weighted by molar-refractivity contribution is -0.0412. The summed E-state index contributed by atoms with van der Waals surface area (Å²) >= 11 is 6.27. The molecule has 0 aromatic heterocycles. The molecule has 0 radical (unpaired) electrons. The Labute approximate surface area is 330 Å². The molecule has 0 saturated carbocycles. The van der Waals surface area contributed by atoms with Crippen molar-refractivity contribution in [1.82, 2.24) is 4.90 Å². The van der Waals surface area contributed by atoms with Crippen molar-refractivity contribution in [2.45, 2.75) is 77.1 Å². The van der Waals surface area contributed by atoms with E-state index in [4.69, 9.17) is 25.8 Å². The Bertz CT molecular complexity index is 2020. The molecule has 3 heterocycles. The lowest BCUT2D eigenvalue weighted by atomic mass is 9.89. The number of methoxy groups -OCH3 is 1. The van der Waals surface area contributed by atoms with Crippen LogP contribution in [0.1, 0.15) is 72.3 Å². The molecule has 54 heavy (non-hydrogen) atoms. The third-order valence-corrected chi connectivity index (χ3v) is 10.4. The Morgan fingerprint density at radius 2 is 1.67 bits per heavy atom. The summed E-state index contributed by atoms with van der Waals surface area (Å²) in [6.45, 7) is 9.63. The molecular formula is C44H52Cl2N2O6. The van der Waals surface area contributed by atoms with Crippen molar-refractivity contribution in [1.29, 1.82) is 0 Å². The average molecular weight is 776 g/mol. The molecule has 1 unspecified atom stereocenters. The number of aliphatic hydroxyl groups is 1. The number of aryl methyl sites for hydroxylation is 2. The zero-order valence-electron chi connectivity index (χ0n) is 32.2. The summed E-state index contributed by atoms with van der Waals surface area (Å²) in [5, 5.41) is 21.6. The van der Waals surface area contributed by atoms with Crippen LogP contribution in [0.4, 0.5) is 11.4 Å². The number of Topliss-reactive ketones (excluding diaryl/α,β-unsaturated/α-hetero) is 1. The number of ketones is 1. The van der Waals surface area contributed by atoms with Gasteiger partial charge in [-0.2, -0.15) is 0 Å². The van der Waals surface area contributed by atoms with Gasteiger partial charge in [0, 0.05) is 47.4 Å². The summed E-state index contributed by atoms with van der Waals surface area (Å²) in [7, 11) is 5.82. The molecule has 0 bridgehead atoms. The van der Waals surface area contributed by atoms with Crippen molar-refractivity contribution in [2.75, 3.05) is 39.2 Å². The topological polar surface area (TPSA) is 91.7 Å². The summed E-state index contributed by atoms with van der Waals surface area (Å²) in [4.78, 5) is 17.8. The van der Waals surface area contributed by atoms with Crippen molar-refractivity contribution in [3.05, 3.63) is 111 Å². The number of carbonyl (C=O) groups excluding carboxylic acids is 1. The summed E-state index contributed by atoms with van der Waals surface area (Å²) in [5.74, 6) is 1.37. The molecular weight excluding hydrogens is 723 g/mol. The standard InChI is InChI=1S/C25H28O6.C19H23ClN2.ClH/c1-24(2)9-8-16-20(30-24)7-6-14(23(16)29-5)11-18(26)17-10-15-12-22(28)25(3,4)31-21(15)13-19(17)27;1-21(2)12-5-13-22-18-7-4-3-6-15(18)8-9-16-10-11-17(20)14-19(16)22;/h6-10,13,22,27-28H,11-12H2,1-5H3;3-4,6-7,10-11,14H,5,8-9,12-13H2,1-2H3;1H. The Balaban J connectivity index is 0.000000215. The van der Waals surface area contributed by atoms with Crippen LogP contribution < -0.4 is 19.1 Å². The number of aliphatic hydroxyl groups excluding tert-OH is 1. The number of phenols is 1. The quantitative estimate of drug-likeness (QED) is 0.172. The van der Waals surface area contributed by atoms with Gasteiger partial charge in [-0.15, -0.1) is 12.4 Å². The lowest BCUT2D eigenvalue weighted by Gasteiger charge is -2.37. The molecule has 0 spiro atoms. The van der Waals surface area contributed by atoms with E-state index in [9.17, 15) is 15.0 Å². The Morgan fingerprint density at radius 1 is 0.944 bits per heavy atom. The van der Waals surface area contributed by atoms with Crippen LogP contribution in [-0.2, 0) is 25.7 Å². The Kier molecular flexibility index (Phi) is 12.6. The van der Waals surface area contributed by atoms with E-state index in [-0.39, 0.29) is 35.9 Å². The predicted molar refractivity (Wildman–Crippen MR) is 220 cm³/mol. The largest absolute Gasteiger partial charge is 0.507 e. The van der Waals surface area contributed by atoms with Gasteiger partial charge >= 0.3 is 0 Å². The number of para-hydroxylation sites is 1. The van der Waals surface area contributed by atoms with Crippen LogP contribution >= 0.6 is 24.0 Å². The van der Waals surface area contributed by atoms with E-state index < -0.39 is 17.3 Å². The van der Waals surface area contributed by atoms with Crippen LogP contribution in [-0.4, -0.2) is 72.5 Å². The first-order valence-corrected chi connectivity index (χ1v) is 18.7. The van der Waals surface area contributed by atoms with Gasteiger partial charge in [-0.25, -0.2) is 0 Å². The normalized spacial score (nSPS) is 17.1. The second-order valence-electron chi connectivity index (χ2n) is 15.4. The first-order valence-electron chi connectivity index (χ1n) is 18.3. The molecule has 3 aliphatic heterocycles. The first kappa shape index (κ1) is 41.0. The van der Waals surface area contributed by atoms with E-state index in [2.05, 4.69) is 60.3 Å². The van der Waals surface area contributed by atoms with E-state index in [0.29, 0.717) is 34.8 Å². The monoisotopic (exact) mass is 774 g/mol. The van der Waals surface area contributed by atoms with E-state index in [0.717, 1.165) is 42.9 Å². The highest BCUT2D eigenvalue weighted by molar-refractivity contribution is 6.30. The minimum absolute atomic E-state index is 0. The molecule has 1 atom stereocenters. The van der Waals surface area contributed by atoms with Crippen LogP contribution in [0, 0.1) is 0 Å². The number of halogens is 2. The van der Waals surface area contributed by atoms with Crippen LogP contribution in [0.15, 0.2) is 72.8 Å². The molecule has 0 aliphatic carbocycles. The van der Waals surface area contributed by atoms with Crippen LogP contribution in [0.2, 0.25) is 5.02 Å². The minimum atomic E-state index is -0.758. The number of phenolic OH excluding ortho intramolecular Hbond substituents is 1. The van der Waals surface area contributed by atoms with E-state index in [1.54, 1.807) is 27.0 Å². The van der Waals surface area contributed by atoms with Gasteiger partial charge in [0.1, 0.15) is 34.2 Å². The number of rotatable bonds is 8. The Morgan fingerprint density at radius 3 is 2.39 bits per heavy atom. The number of fused-ring (bicyclic) bond motifs is 4. The predicted octanol–water partition coefficient (Wildman–Crippen LogP) is 9.04. The molecule has 4 aromatic rings. The van der Waals surface area contributed by atoms with Gasteiger partial charge in [0.05, 0.1) is 24.3 Å². The molecule has 7 rings (SSSR count). The lowest BCUT2D eigenvalue weighted by Crippen LogP contribution is -2.46. The van der Waals surface area contributed by atoms with Crippen LogP contribution in [0.3, 0.4) is 0 Å². The van der Waals surface area contributed by atoms with Gasteiger partial charge in [0.25, 0.3) is 0 Å². The average Bonchev–Trinajstić information content (AvgIpc) is 3.25. The van der Waals surface area contributed by atoms with Crippen molar-refractivity contribution >= 4 is 47.2 Å². The molecule has 0 fully saturated rings. The summed E-state index contributed by atoms with van der Waals surface area (Å²) in [6, 6.07) is 21.8. The number of hydrogen-bond acceptors (Lipinski definition) is 8. The van der Waals surface area contributed by atoms with Gasteiger partial charge in [0.15, 0.2) is 5.78 Å². The zero-order valence-corrected chi connectivity index (χ0v) is 33.8. The second-order valence-corrected chi connectivity index (χ2v) is 15.9. The molecule has 2 N–H and O–H groups in total. The molecule has 0 amide bonds. The zero-order chi connectivity index (χ0) is 38.1. The Hall–Kier alpha value is -4.21. The van der Waals surface area contributed by atoms with Gasteiger partial charge in [-0.3, -0.25) is 4.79 Å². The number of nitrogens with zero attached hydrogens (tertiary/aromatic N) is 2. The van der Waals surface area contributed by atoms with Crippen molar-refractivity contribution in [3.63, 3.8) is 0 Å². The van der Waals surface area contributed by atoms with E-state index in [1.165, 1.54) is 28.6 Å². The molecule has 4 aromatic carbocycles. The van der Waals surface area contributed by atoms with Gasteiger partial charge in [-0.05, 0) is 127 Å². The van der Waals surface area contributed by atoms with Gasteiger partial charge < -0.3 is 34.2 Å². The highest BCUT2D eigenvalue weighted by atomic mass is 35.5.